The van der Waals surface area contributed by atoms with Gasteiger partial charge in [0.1, 0.15) is 0 Å². The molecule has 0 aliphatic rings. The molecule has 1 amide bonds. The van der Waals surface area contributed by atoms with Crippen LogP contribution in [0.1, 0.15) is 0 Å². The number of hydrogen-bond acceptors (Lipinski definition) is 3. The summed E-state index contributed by atoms with van der Waals surface area (Å²) in [7, 11) is 1.24. The van der Waals surface area contributed by atoms with Gasteiger partial charge in [0.05, 0.1) is 19.0 Å². The summed E-state index contributed by atoms with van der Waals surface area (Å²) in [5.41, 5.74) is 0. The molecule has 0 heterocycles. The second kappa shape index (κ2) is 5.22. The van der Waals surface area contributed by atoms with Crippen molar-refractivity contribution in [3.63, 3.8) is 0 Å². The molecule has 0 atom stereocenters. The van der Waals surface area contributed by atoms with E-state index in [-0.39, 0.29) is 17.7 Å². The Hall–Kier alpha value is -0.580. The molecule has 0 aromatic carbocycles. The van der Waals surface area contributed by atoms with Crippen molar-refractivity contribution in [2.24, 2.45) is 0 Å². The van der Waals surface area contributed by atoms with Crippen LogP contribution in [0.4, 0.5) is 4.79 Å². The number of Topliss-reactive ketones (excluding diaryl/α,β-unsaturated/α-hetero) is 1. The van der Waals surface area contributed by atoms with Crippen molar-refractivity contribution >= 4 is 27.8 Å². The Balaban J connectivity index is 3.35. The zero-order valence-electron chi connectivity index (χ0n) is 5.52. The minimum atomic E-state index is -0.589. The maximum absolute atomic E-state index is 10.5. The summed E-state index contributed by atoms with van der Waals surface area (Å²) in [5, 5.41) is 2.49. The van der Waals surface area contributed by atoms with E-state index >= 15 is 0 Å². The molecule has 0 spiro atoms. The molecule has 0 saturated heterocycles. The molecule has 0 bridgehead atoms. The number of rotatable bonds is 3. The normalized spacial score (nSPS) is 8.60. The number of halogens is 1. The van der Waals surface area contributed by atoms with Crippen LogP contribution in [0.3, 0.4) is 0 Å². The molecule has 0 rings (SSSR count). The van der Waals surface area contributed by atoms with Crippen molar-refractivity contribution in [3.8, 4) is 0 Å². The average molecular weight is 210 g/mol. The molecule has 58 valence electrons. The number of nitrogens with one attached hydrogen (secondary N) is 1. The minimum absolute atomic E-state index is 0.0118. The van der Waals surface area contributed by atoms with Crippen LogP contribution in [0.15, 0.2) is 0 Å². The lowest BCUT2D eigenvalue weighted by atomic mass is 10.4. The fourth-order valence-corrected chi connectivity index (χ4v) is 0.488. The highest BCUT2D eigenvalue weighted by molar-refractivity contribution is 9.09. The Labute approximate surface area is 67.1 Å². The Morgan fingerprint density at radius 2 is 2.20 bits per heavy atom. The van der Waals surface area contributed by atoms with E-state index in [0.717, 1.165) is 0 Å². The lowest BCUT2D eigenvalue weighted by Gasteiger charge is -1.99. The van der Waals surface area contributed by atoms with E-state index in [2.05, 4.69) is 26.0 Å². The van der Waals surface area contributed by atoms with Crippen LogP contribution in [0.25, 0.3) is 0 Å². The molecule has 0 aliphatic carbocycles. The van der Waals surface area contributed by atoms with Crippen LogP contribution < -0.4 is 5.32 Å². The average Bonchev–Trinajstić information content (AvgIpc) is 1.99. The predicted octanol–water partition coefficient (Wildman–Crippen LogP) is 0.306. The topological polar surface area (TPSA) is 55.4 Å². The van der Waals surface area contributed by atoms with E-state index in [4.69, 9.17) is 0 Å². The van der Waals surface area contributed by atoms with Crippen LogP contribution >= 0.6 is 15.9 Å². The third-order valence-electron chi connectivity index (χ3n) is 0.764. The largest absolute Gasteiger partial charge is 0.453 e. The van der Waals surface area contributed by atoms with E-state index in [1.807, 2.05) is 0 Å². The molecule has 0 aromatic heterocycles. The summed E-state index contributed by atoms with van der Waals surface area (Å²) < 4.78 is 4.23. The Morgan fingerprint density at radius 3 is 2.60 bits per heavy atom. The molecule has 5 heteroatoms. The molecule has 0 aromatic rings. The first kappa shape index (κ1) is 9.42. The van der Waals surface area contributed by atoms with E-state index in [0.29, 0.717) is 0 Å². The fourth-order valence-electron chi connectivity index (χ4n) is 0.290. The summed E-state index contributed by atoms with van der Waals surface area (Å²) in [6, 6.07) is 0. The van der Waals surface area contributed by atoms with Crippen molar-refractivity contribution in [2.75, 3.05) is 19.0 Å². The molecule has 10 heavy (non-hydrogen) atoms. The number of carbonyl (C=O) groups is 2. The predicted molar refractivity (Wildman–Crippen MR) is 39.2 cm³/mol. The van der Waals surface area contributed by atoms with Gasteiger partial charge in [-0.3, -0.25) is 4.79 Å². The van der Waals surface area contributed by atoms with Gasteiger partial charge < -0.3 is 10.1 Å². The third kappa shape index (κ3) is 4.31. The van der Waals surface area contributed by atoms with Crippen LogP contribution in [-0.2, 0) is 9.53 Å². The molecule has 0 fully saturated rings. The summed E-state index contributed by atoms with van der Waals surface area (Å²) >= 11 is 2.95. The SMILES string of the molecule is COC(=O)NCC(=O)CBr. The van der Waals surface area contributed by atoms with Gasteiger partial charge in [0, 0.05) is 0 Å². The fraction of sp³-hybridized carbons (Fsp3) is 0.600. The highest BCUT2D eigenvalue weighted by Gasteiger charge is 2.01. The van der Waals surface area contributed by atoms with Gasteiger partial charge in [0.15, 0.2) is 5.78 Å². The van der Waals surface area contributed by atoms with Crippen LogP contribution in [0.2, 0.25) is 0 Å². The van der Waals surface area contributed by atoms with Gasteiger partial charge in [-0.15, -0.1) is 0 Å². The van der Waals surface area contributed by atoms with E-state index in [1.54, 1.807) is 0 Å². The molecule has 0 unspecified atom stereocenters. The summed E-state index contributed by atoms with van der Waals surface area (Å²) in [4.78, 5) is 20.8. The van der Waals surface area contributed by atoms with Crippen molar-refractivity contribution < 1.29 is 14.3 Å². The molecule has 0 saturated carbocycles. The van der Waals surface area contributed by atoms with Gasteiger partial charge in [-0.25, -0.2) is 4.79 Å². The van der Waals surface area contributed by atoms with Crippen molar-refractivity contribution in [3.05, 3.63) is 0 Å². The zero-order valence-corrected chi connectivity index (χ0v) is 7.10. The Bertz CT molecular complexity index is 121. The van der Waals surface area contributed by atoms with Gasteiger partial charge in [-0.2, -0.15) is 0 Å². The van der Waals surface area contributed by atoms with Gasteiger partial charge in [-0.1, -0.05) is 15.9 Å². The standard InChI is InChI=1S/C5H8BrNO3/c1-10-5(9)7-3-4(8)2-6/h2-3H2,1H3,(H,7,9). The van der Waals surface area contributed by atoms with Crippen LogP contribution in [-0.4, -0.2) is 30.9 Å². The Kier molecular flexibility index (Phi) is 4.92. The number of carbonyl (C=O) groups excluding carboxylic acids is 2. The molecule has 4 nitrogen and oxygen atoms in total. The number of alkyl carbamates (subject to hydrolysis) is 1. The van der Waals surface area contributed by atoms with E-state index < -0.39 is 6.09 Å². The second-order valence-corrected chi connectivity index (χ2v) is 2.08. The van der Waals surface area contributed by atoms with Crippen LogP contribution in [0, 0.1) is 0 Å². The maximum Gasteiger partial charge on any atom is 0.407 e. The Morgan fingerprint density at radius 1 is 1.60 bits per heavy atom. The lowest BCUT2D eigenvalue weighted by Crippen LogP contribution is -2.29. The van der Waals surface area contributed by atoms with Crippen molar-refractivity contribution in [1.29, 1.82) is 0 Å². The summed E-state index contributed by atoms with van der Waals surface area (Å²) in [5.74, 6) is -0.0922. The third-order valence-corrected chi connectivity index (χ3v) is 1.39. The molecule has 0 aliphatic heterocycles. The molecule has 0 radical (unpaired) electrons. The number of methoxy groups -OCH3 is 1. The first-order chi connectivity index (χ1) is 4.70. The summed E-state index contributed by atoms with van der Waals surface area (Å²) in [6.45, 7) is 0.0118. The van der Waals surface area contributed by atoms with Crippen molar-refractivity contribution in [2.45, 2.75) is 0 Å². The number of ketones is 1. The molecular weight excluding hydrogens is 202 g/mol. The number of alkyl halides is 1. The van der Waals surface area contributed by atoms with E-state index in [1.165, 1.54) is 7.11 Å². The number of hydrogen-bond donors (Lipinski definition) is 1. The first-order valence-electron chi connectivity index (χ1n) is 2.60. The highest BCUT2D eigenvalue weighted by Crippen LogP contribution is 1.80. The first-order valence-corrected chi connectivity index (χ1v) is 3.72. The summed E-state index contributed by atoms with van der Waals surface area (Å²) in [6.07, 6.45) is -0.589. The second-order valence-electron chi connectivity index (χ2n) is 1.52. The zero-order chi connectivity index (χ0) is 7.98. The molecule has 1 N–H and O–H groups in total. The van der Waals surface area contributed by atoms with Gasteiger partial charge in [-0.05, 0) is 0 Å². The molecular formula is C5H8BrNO3. The highest BCUT2D eigenvalue weighted by atomic mass is 79.9. The number of amides is 1. The maximum atomic E-state index is 10.5. The lowest BCUT2D eigenvalue weighted by molar-refractivity contribution is -0.115. The smallest absolute Gasteiger partial charge is 0.407 e. The quantitative estimate of drug-likeness (QED) is 0.682. The monoisotopic (exact) mass is 209 g/mol. The van der Waals surface area contributed by atoms with Crippen LogP contribution in [0.5, 0.6) is 0 Å². The number of ether oxygens (including phenoxy) is 1. The van der Waals surface area contributed by atoms with E-state index in [9.17, 15) is 9.59 Å². The van der Waals surface area contributed by atoms with Crippen molar-refractivity contribution in [1.82, 2.24) is 5.32 Å². The minimum Gasteiger partial charge on any atom is -0.453 e. The van der Waals surface area contributed by atoms with Gasteiger partial charge in [0.2, 0.25) is 0 Å². The van der Waals surface area contributed by atoms with Gasteiger partial charge in [0.25, 0.3) is 0 Å². The van der Waals surface area contributed by atoms with Gasteiger partial charge >= 0.3 is 6.09 Å².